The minimum Gasteiger partial charge on any atom is -0.478 e. The lowest BCUT2D eigenvalue weighted by molar-refractivity contribution is 0.0697. The molecular weight excluding hydrogens is 335 g/mol. The highest BCUT2D eigenvalue weighted by Gasteiger charge is 2.15. The molecule has 0 fully saturated rings. The molecule has 3 aromatic rings. The van der Waals surface area contributed by atoms with E-state index < -0.39 is 11.8 Å². The first-order valence-corrected chi connectivity index (χ1v) is 7.02. The Morgan fingerprint density at radius 2 is 2.12 bits per heavy atom. The molecule has 0 atom stereocenters. The molecule has 2 heterocycles. The minimum absolute atomic E-state index is 0.0136. The Morgan fingerprint density at radius 3 is 2.79 bits per heavy atom. The topological polar surface area (TPSA) is 91.8 Å². The summed E-state index contributed by atoms with van der Waals surface area (Å²) in [5.74, 6) is -1.53. The SMILES string of the molecule is N#Cc1cc(-n2cc(C(=O)O)cn2)ncc1-c1cccc(Cl)c1F. The Kier molecular flexibility index (Phi) is 3.98. The van der Waals surface area contributed by atoms with Crippen molar-refractivity contribution >= 4 is 17.6 Å². The lowest BCUT2D eigenvalue weighted by Gasteiger charge is -2.08. The third-order valence-electron chi connectivity index (χ3n) is 3.32. The van der Waals surface area contributed by atoms with Crippen LogP contribution >= 0.6 is 11.6 Å². The van der Waals surface area contributed by atoms with Crippen LogP contribution in [0.3, 0.4) is 0 Å². The minimum atomic E-state index is -1.13. The molecule has 0 spiro atoms. The molecule has 0 radical (unpaired) electrons. The first kappa shape index (κ1) is 15.6. The number of carboxylic acid groups (broad SMARTS) is 1. The summed E-state index contributed by atoms with van der Waals surface area (Å²) < 4.78 is 15.4. The number of rotatable bonds is 3. The molecule has 0 aliphatic carbocycles. The summed E-state index contributed by atoms with van der Waals surface area (Å²) in [4.78, 5) is 15.0. The Morgan fingerprint density at radius 1 is 1.33 bits per heavy atom. The fraction of sp³-hybridized carbons (Fsp3) is 0. The number of pyridine rings is 1. The van der Waals surface area contributed by atoms with Crippen molar-refractivity contribution in [3.8, 4) is 23.0 Å². The Hall–Kier alpha value is -3.24. The second-order valence-corrected chi connectivity index (χ2v) is 5.19. The molecule has 0 unspecified atom stereocenters. The number of carboxylic acids is 1. The van der Waals surface area contributed by atoms with Crippen LogP contribution in [0.1, 0.15) is 15.9 Å². The summed E-state index contributed by atoms with van der Waals surface area (Å²) in [6, 6.07) is 7.85. The number of hydrogen-bond donors (Lipinski definition) is 1. The molecule has 6 nitrogen and oxygen atoms in total. The number of nitrogens with zero attached hydrogens (tertiary/aromatic N) is 4. The number of nitriles is 1. The van der Waals surface area contributed by atoms with Crippen LogP contribution in [-0.2, 0) is 0 Å². The quantitative estimate of drug-likeness (QED) is 0.788. The monoisotopic (exact) mass is 342 g/mol. The average Bonchev–Trinajstić information content (AvgIpc) is 3.07. The molecule has 8 heteroatoms. The van der Waals surface area contributed by atoms with E-state index in [2.05, 4.69) is 10.1 Å². The van der Waals surface area contributed by atoms with Gasteiger partial charge in [0.05, 0.1) is 28.4 Å². The first-order valence-electron chi connectivity index (χ1n) is 6.64. The maximum absolute atomic E-state index is 14.2. The van der Waals surface area contributed by atoms with E-state index in [1.807, 2.05) is 6.07 Å². The van der Waals surface area contributed by atoms with Crippen molar-refractivity contribution in [2.45, 2.75) is 0 Å². The van der Waals surface area contributed by atoms with Crippen molar-refractivity contribution in [2.24, 2.45) is 0 Å². The van der Waals surface area contributed by atoms with E-state index in [0.29, 0.717) is 0 Å². The van der Waals surface area contributed by atoms with Crippen LogP contribution in [0.25, 0.3) is 16.9 Å². The largest absolute Gasteiger partial charge is 0.478 e. The molecule has 1 aromatic carbocycles. The van der Waals surface area contributed by atoms with Crippen molar-refractivity contribution in [1.29, 1.82) is 5.26 Å². The van der Waals surface area contributed by atoms with Crippen LogP contribution in [0.2, 0.25) is 5.02 Å². The van der Waals surface area contributed by atoms with Crippen LogP contribution in [0, 0.1) is 17.1 Å². The third kappa shape index (κ3) is 2.71. The number of carbonyl (C=O) groups is 1. The predicted molar refractivity (Wildman–Crippen MR) is 83.4 cm³/mol. The molecule has 0 aliphatic rings. The fourth-order valence-electron chi connectivity index (χ4n) is 2.15. The number of aromatic carboxylic acids is 1. The zero-order chi connectivity index (χ0) is 17.3. The van der Waals surface area contributed by atoms with Gasteiger partial charge in [-0.25, -0.2) is 18.9 Å². The van der Waals surface area contributed by atoms with Crippen molar-refractivity contribution in [1.82, 2.24) is 14.8 Å². The van der Waals surface area contributed by atoms with E-state index in [1.165, 1.54) is 41.5 Å². The van der Waals surface area contributed by atoms with E-state index in [9.17, 15) is 14.4 Å². The van der Waals surface area contributed by atoms with E-state index in [1.54, 1.807) is 6.07 Å². The fourth-order valence-corrected chi connectivity index (χ4v) is 2.32. The number of halogens is 2. The lowest BCUT2D eigenvalue weighted by Crippen LogP contribution is -2.01. The van der Waals surface area contributed by atoms with Gasteiger partial charge in [0.15, 0.2) is 5.82 Å². The second-order valence-electron chi connectivity index (χ2n) is 4.78. The van der Waals surface area contributed by atoms with Gasteiger partial charge in [-0.15, -0.1) is 0 Å². The zero-order valence-corrected chi connectivity index (χ0v) is 12.7. The summed E-state index contributed by atoms with van der Waals surface area (Å²) in [7, 11) is 0. The molecule has 3 rings (SSSR count). The summed E-state index contributed by atoms with van der Waals surface area (Å²) >= 11 is 5.77. The number of hydrogen-bond acceptors (Lipinski definition) is 4. The van der Waals surface area contributed by atoms with Gasteiger partial charge in [-0.05, 0) is 6.07 Å². The molecule has 0 saturated carbocycles. The molecule has 0 amide bonds. The van der Waals surface area contributed by atoms with Gasteiger partial charge in [0.25, 0.3) is 0 Å². The molecule has 0 aliphatic heterocycles. The smallest absolute Gasteiger partial charge is 0.338 e. The van der Waals surface area contributed by atoms with E-state index >= 15 is 0 Å². The van der Waals surface area contributed by atoms with Gasteiger partial charge in [-0.3, -0.25) is 0 Å². The van der Waals surface area contributed by atoms with Crippen molar-refractivity contribution in [2.75, 3.05) is 0 Å². The maximum Gasteiger partial charge on any atom is 0.338 e. The van der Waals surface area contributed by atoms with Crippen LogP contribution in [-0.4, -0.2) is 25.8 Å². The Bertz CT molecular complexity index is 994. The van der Waals surface area contributed by atoms with Gasteiger partial charge in [-0.1, -0.05) is 23.7 Å². The molecular formula is C16H8ClFN4O2. The summed E-state index contributed by atoms with van der Waals surface area (Å²) in [6.07, 6.45) is 3.76. The van der Waals surface area contributed by atoms with Crippen LogP contribution < -0.4 is 0 Å². The average molecular weight is 343 g/mol. The standard InChI is InChI=1S/C16H8ClFN4O2/c17-13-3-1-2-11(15(13)18)12-7-20-14(4-9(12)5-19)22-8-10(6-21-22)16(23)24/h1-4,6-8H,(H,23,24). The molecule has 24 heavy (non-hydrogen) atoms. The van der Waals surface area contributed by atoms with Gasteiger partial charge < -0.3 is 5.11 Å². The summed E-state index contributed by atoms with van der Waals surface area (Å²) in [5, 5.41) is 22.1. The second kappa shape index (κ2) is 6.10. The highest BCUT2D eigenvalue weighted by molar-refractivity contribution is 6.31. The first-order chi connectivity index (χ1) is 11.5. The molecule has 0 bridgehead atoms. The predicted octanol–water partition coefficient (Wildman–Crippen LogP) is 3.30. The molecule has 118 valence electrons. The Balaban J connectivity index is 2.10. The maximum atomic E-state index is 14.2. The molecule has 2 aromatic heterocycles. The van der Waals surface area contributed by atoms with Gasteiger partial charge in [0.1, 0.15) is 5.82 Å². The van der Waals surface area contributed by atoms with E-state index in [-0.39, 0.29) is 33.1 Å². The number of aromatic nitrogens is 3. The van der Waals surface area contributed by atoms with E-state index in [4.69, 9.17) is 16.7 Å². The Labute approximate surface area is 140 Å². The van der Waals surface area contributed by atoms with Crippen LogP contribution in [0.4, 0.5) is 4.39 Å². The van der Waals surface area contributed by atoms with Crippen molar-refractivity contribution < 1.29 is 14.3 Å². The molecule has 1 N–H and O–H groups in total. The van der Waals surface area contributed by atoms with Gasteiger partial charge in [-0.2, -0.15) is 10.4 Å². The highest BCUT2D eigenvalue weighted by Crippen LogP contribution is 2.30. The van der Waals surface area contributed by atoms with Gasteiger partial charge >= 0.3 is 5.97 Å². The molecule has 0 saturated heterocycles. The van der Waals surface area contributed by atoms with Crippen molar-refractivity contribution in [3.63, 3.8) is 0 Å². The van der Waals surface area contributed by atoms with Crippen LogP contribution in [0.5, 0.6) is 0 Å². The normalized spacial score (nSPS) is 10.4. The zero-order valence-electron chi connectivity index (χ0n) is 11.9. The van der Waals surface area contributed by atoms with Gasteiger partial charge in [0, 0.05) is 29.6 Å². The number of benzene rings is 1. The highest BCUT2D eigenvalue weighted by atomic mass is 35.5. The van der Waals surface area contributed by atoms with Crippen molar-refractivity contribution in [3.05, 3.63) is 64.8 Å². The summed E-state index contributed by atoms with van der Waals surface area (Å²) in [6.45, 7) is 0. The van der Waals surface area contributed by atoms with Crippen LogP contribution in [0.15, 0.2) is 42.9 Å². The van der Waals surface area contributed by atoms with E-state index in [0.717, 1.165) is 0 Å². The lowest BCUT2D eigenvalue weighted by atomic mass is 10.0. The van der Waals surface area contributed by atoms with Gasteiger partial charge in [0.2, 0.25) is 0 Å². The third-order valence-corrected chi connectivity index (χ3v) is 3.61. The summed E-state index contributed by atoms with van der Waals surface area (Å²) in [5.41, 5.74) is 0.588.